The fraction of sp³-hybridized carbons (Fsp3) is 0.526. The van der Waals surface area contributed by atoms with E-state index in [0.717, 1.165) is 25.3 Å². The van der Waals surface area contributed by atoms with Gasteiger partial charge in [0.2, 0.25) is 0 Å². The number of benzene rings is 1. The van der Waals surface area contributed by atoms with Crippen molar-refractivity contribution in [2.24, 2.45) is 0 Å². The molecule has 122 valence electrons. The highest BCUT2D eigenvalue weighted by Crippen LogP contribution is 2.37. The number of aryl methyl sites for hydroxylation is 1. The van der Waals surface area contributed by atoms with Gasteiger partial charge in [0.15, 0.2) is 0 Å². The first-order valence-electron chi connectivity index (χ1n) is 8.89. The van der Waals surface area contributed by atoms with E-state index in [0.29, 0.717) is 12.0 Å². The maximum Gasteiger partial charge on any atom is 0.120 e. The Balaban J connectivity index is 1.43. The monoisotopic (exact) mass is 311 g/mol. The van der Waals surface area contributed by atoms with Gasteiger partial charge in [0, 0.05) is 37.1 Å². The van der Waals surface area contributed by atoms with Crippen LogP contribution in [0.4, 0.5) is 5.69 Å². The molecule has 1 fully saturated rings. The third kappa shape index (κ3) is 3.36. The van der Waals surface area contributed by atoms with Crippen LogP contribution < -0.4 is 10.1 Å². The van der Waals surface area contributed by atoms with Crippen LogP contribution in [0, 0.1) is 0 Å². The number of hydrogen-bond acceptors (Lipinski definition) is 3. The van der Waals surface area contributed by atoms with Crippen molar-refractivity contribution >= 4 is 5.69 Å². The van der Waals surface area contributed by atoms with E-state index in [-0.39, 0.29) is 0 Å². The smallest absolute Gasteiger partial charge is 0.120 e. The Labute approximate surface area is 137 Å². The largest absolute Gasteiger partial charge is 0.490 e. The molecule has 2 heterocycles. The molecule has 1 aliphatic carbocycles. The number of rotatable bonds is 5. The first-order valence-corrected chi connectivity index (χ1v) is 8.89. The zero-order valence-corrected chi connectivity index (χ0v) is 13.6. The van der Waals surface area contributed by atoms with Gasteiger partial charge >= 0.3 is 0 Å². The zero-order chi connectivity index (χ0) is 15.5. The molecule has 0 saturated heterocycles. The van der Waals surface area contributed by atoms with Crippen molar-refractivity contribution < 1.29 is 4.74 Å². The molecule has 1 aromatic heterocycles. The molecule has 0 amide bonds. The summed E-state index contributed by atoms with van der Waals surface area (Å²) in [7, 11) is 0. The minimum Gasteiger partial charge on any atom is -0.490 e. The molecule has 1 unspecified atom stereocenters. The van der Waals surface area contributed by atoms with Crippen molar-refractivity contribution in [3.63, 3.8) is 0 Å². The average molecular weight is 311 g/mol. The maximum absolute atomic E-state index is 6.24. The van der Waals surface area contributed by atoms with Crippen LogP contribution in [0.25, 0.3) is 0 Å². The summed E-state index contributed by atoms with van der Waals surface area (Å²) in [5, 5.41) is 3.53. The first kappa shape index (κ1) is 14.6. The van der Waals surface area contributed by atoms with Gasteiger partial charge in [-0.15, -0.1) is 0 Å². The number of ether oxygens (including phenoxy) is 1. The van der Waals surface area contributed by atoms with Crippen LogP contribution in [0.1, 0.15) is 50.0 Å². The van der Waals surface area contributed by atoms with E-state index in [9.17, 15) is 0 Å². The Kier molecular flexibility index (Phi) is 4.22. The van der Waals surface area contributed by atoms with Crippen molar-refractivity contribution in [1.29, 1.82) is 0 Å². The summed E-state index contributed by atoms with van der Waals surface area (Å²) in [6, 6.07) is 6.58. The first-order chi connectivity index (χ1) is 11.4. The van der Waals surface area contributed by atoms with Gasteiger partial charge in [-0.25, -0.2) is 4.98 Å². The highest BCUT2D eigenvalue weighted by atomic mass is 16.5. The van der Waals surface area contributed by atoms with E-state index in [1.807, 2.05) is 18.7 Å². The van der Waals surface area contributed by atoms with Gasteiger partial charge in [-0.2, -0.15) is 0 Å². The second-order valence-corrected chi connectivity index (χ2v) is 6.79. The van der Waals surface area contributed by atoms with Crippen LogP contribution in [-0.2, 0) is 6.54 Å². The molecule has 1 aliphatic heterocycles. The summed E-state index contributed by atoms with van der Waals surface area (Å²) in [4.78, 5) is 4.12. The second-order valence-electron chi connectivity index (χ2n) is 6.79. The molecule has 4 rings (SSSR count). The standard InChI is InChI=1S/C19H25N3O/c1-2-4-16(5-3-1)23-17-6-7-19-18(12-17)15(13-21-19)8-10-22-11-9-20-14-22/h6-7,9,11-12,14-16,21H,1-5,8,10,13H2. The van der Waals surface area contributed by atoms with Crippen molar-refractivity contribution in [3.05, 3.63) is 42.5 Å². The highest BCUT2D eigenvalue weighted by Gasteiger charge is 2.23. The average Bonchev–Trinajstić information content (AvgIpc) is 3.23. The molecule has 0 bridgehead atoms. The van der Waals surface area contributed by atoms with E-state index in [1.54, 1.807) is 0 Å². The van der Waals surface area contributed by atoms with E-state index in [2.05, 4.69) is 33.1 Å². The Bertz CT molecular complexity index is 632. The molecule has 23 heavy (non-hydrogen) atoms. The summed E-state index contributed by atoms with van der Waals surface area (Å²) in [6.07, 6.45) is 13.7. The van der Waals surface area contributed by atoms with Gasteiger partial charge in [0.25, 0.3) is 0 Å². The van der Waals surface area contributed by atoms with Crippen LogP contribution in [0.5, 0.6) is 5.75 Å². The minimum absolute atomic E-state index is 0.417. The second kappa shape index (κ2) is 6.65. The quantitative estimate of drug-likeness (QED) is 0.899. The molecular weight excluding hydrogens is 286 g/mol. The lowest BCUT2D eigenvalue weighted by atomic mass is 9.96. The van der Waals surface area contributed by atoms with E-state index in [4.69, 9.17) is 4.74 Å². The van der Waals surface area contributed by atoms with Crippen molar-refractivity contribution in [1.82, 2.24) is 9.55 Å². The molecule has 0 spiro atoms. The lowest BCUT2D eigenvalue weighted by molar-refractivity contribution is 0.155. The Morgan fingerprint density at radius 3 is 2.96 bits per heavy atom. The summed E-state index contributed by atoms with van der Waals surface area (Å²) < 4.78 is 8.39. The number of nitrogens with zero attached hydrogens (tertiary/aromatic N) is 2. The maximum atomic E-state index is 6.24. The van der Waals surface area contributed by atoms with Gasteiger partial charge in [-0.3, -0.25) is 0 Å². The Morgan fingerprint density at radius 2 is 2.13 bits per heavy atom. The predicted molar refractivity (Wildman–Crippen MR) is 92.0 cm³/mol. The molecule has 2 aromatic rings. The summed E-state index contributed by atoms with van der Waals surface area (Å²) in [5.74, 6) is 1.61. The van der Waals surface area contributed by atoms with Crippen LogP contribution >= 0.6 is 0 Å². The van der Waals surface area contributed by atoms with Crippen molar-refractivity contribution in [3.8, 4) is 5.75 Å². The van der Waals surface area contributed by atoms with Gasteiger partial charge in [0.05, 0.1) is 12.4 Å². The fourth-order valence-corrected chi connectivity index (χ4v) is 3.81. The number of imidazole rings is 1. The van der Waals surface area contributed by atoms with Crippen molar-refractivity contribution in [2.75, 3.05) is 11.9 Å². The van der Waals surface area contributed by atoms with Gasteiger partial charge in [-0.1, -0.05) is 6.42 Å². The van der Waals surface area contributed by atoms with Gasteiger partial charge in [-0.05, 0) is 55.9 Å². The third-order valence-electron chi connectivity index (χ3n) is 5.15. The van der Waals surface area contributed by atoms with Crippen LogP contribution in [0.15, 0.2) is 36.9 Å². The van der Waals surface area contributed by atoms with E-state index < -0.39 is 0 Å². The highest BCUT2D eigenvalue weighted by molar-refractivity contribution is 5.60. The molecule has 4 heteroatoms. The number of anilines is 1. The summed E-state index contributed by atoms with van der Waals surface area (Å²) >= 11 is 0. The third-order valence-corrected chi connectivity index (χ3v) is 5.15. The van der Waals surface area contributed by atoms with Crippen LogP contribution in [0.2, 0.25) is 0 Å². The van der Waals surface area contributed by atoms with Gasteiger partial charge < -0.3 is 14.6 Å². The SMILES string of the molecule is c1cn(CCC2CNc3ccc(OC4CCCCC4)cc32)cn1. The molecule has 1 N–H and O–H groups in total. The number of hydrogen-bond donors (Lipinski definition) is 1. The Morgan fingerprint density at radius 1 is 1.22 bits per heavy atom. The zero-order valence-electron chi connectivity index (χ0n) is 13.6. The number of fused-ring (bicyclic) bond motifs is 1. The number of aromatic nitrogens is 2. The minimum atomic E-state index is 0.417. The van der Waals surface area contributed by atoms with Crippen LogP contribution in [-0.4, -0.2) is 22.2 Å². The molecule has 0 radical (unpaired) electrons. The normalized spacial score (nSPS) is 21.0. The number of nitrogens with one attached hydrogen (secondary N) is 1. The summed E-state index contributed by atoms with van der Waals surface area (Å²) in [5.41, 5.74) is 2.69. The molecule has 1 saturated carbocycles. The lowest BCUT2D eigenvalue weighted by Gasteiger charge is -2.23. The summed E-state index contributed by atoms with van der Waals surface area (Å²) in [6.45, 7) is 2.04. The fourth-order valence-electron chi connectivity index (χ4n) is 3.81. The topological polar surface area (TPSA) is 39.1 Å². The molecule has 4 nitrogen and oxygen atoms in total. The predicted octanol–water partition coefficient (Wildman–Crippen LogP) is 4.19. The van der Waals surface area contributed by atoms with Crippen molar-refractivity contribution in [2.45, 2.75) is 57.1 Å². The Hall–Kier alpha value is -1.97. The lowest BCUT2D eigenvalue weighted by Crippen LogP contribution is -2.19. The molecular formula is C19H25N3O. The van der Waals surface area contributed by atoms with E-state index in [1.165, 1.54) is 43.4 Å². The van der Waals surface area contributed by atoms with E-state index >= 15 is 0 Å². The molecule has 1 atom stereocenters. The van der Waals surface area contributed by atoms with Crippen LogP contribution in [0.3, 0.4) is 0 Å². The molecule has 2 aliphatic rings. The molecule has 1 aromatic carbocycles. The van der Waals surface area contributed by atoms with Gasteiger partial charge in [0.1, 0.15) is 5.75 Å².